The van der Waals surface area contributed by atoms with E-state index in [9.17, 15) is 18.0 Å². The molecule has 10 heteroatoms. The van der Waals surface area contributed by atoms with E-state index in [0.717, 1.165) is 11.3 Å². The highest BCUT2D eigenvalue weighted by Crippen LogP contribution is 2.23. The molecule has 0 spiro atoms. The minimum atomic E-state index is -4.32. The van der Waals surface area contributed by atoms with Gasteiger partial charge in [0.2, 0.25) is 0 Å². The molecule has 0 aliphatic heterocycles. The monoisotopic (exact) mass is 373 g/mol. The van der Waals surface area contributed by atoms with E-state index in [1.807, 2.05) is 4.72 Å². The van der Waals surface area contributed by atoms with Crippen LogP contribution >= 0.6 is 22.9 Å². The molecule has 23 heavy (non-hydrogen) atoms. The summed E-state index contributed by atoms with van der Waals surface area (Å²) in [5.74, 6) is -1.43. The van der Waals surface area contributed by atoms with Gasteiger partial charge in [0.1, 0.15) is 4.34 Å². The van der Waals surface area contributed by atoms with Gasteiger partial charge in [0.25, 0.3) is 21.8 Å². The Morgan fingerprint density at radius 2 is 1.96 bits per heavy atom. The largest absolute Gasteiger partial charge is 0.345 e. The number of pyridine rings is 1. The molecule has 0 bridgehead atoms. The van der Waals surface area contributed by atoms with E-state index in [-0.39, 0.29) is 15.5 Å². The van der Waals surface area contributed by atoms with Crippen molar-refractivity contribution >= 4 is 44.8 Å². The molecule has 0 aliphatic carbocycles. The molecular weight excluding hydrogens is 362 g/mol. The van der Waals surface area contributed by atoms with E-state index in [1.165, 1.54) is 43.4 Å². The Labute approximate surface area is 142 Å². The van der Waals surface area contributed by atoms with Gasteiger partial charge in [0, 0.05) is 20.3 Å². The van der Waals surface area contributed by atoms with Crippen LogP contribution in [0.3, 0.4) is 0 Å². The predicted molar refractivity (Wildman–Crippen MR) is 86.2 cm³/mol. The average Bonchev–Trinajstić information content (AvgIpc) is 2.92. The van der Waals surface area contributed by atoms with Gasteiger partial charge in [0.05, 0.1) is 11.1 Å². The van der Waals surface area contributed by atoms with Crippen LogP contribution in [0.1, 0.15) is 20.7 Å². The molecule has 2 aromatic rings. The van der Waals surface area contributed by atoms with Gasteiger partial charge in [-0.15, -0.1) is 11.3 Å². The molecule has 0 aromatic carbocycles. The third-order valence-corrected chi connectivity index (χ3v) is 5.21. The third-order valence-electron chi connectivity index (χ3n) is 2.75. The molecule has 0 radical (unpaired) electrons. The van der Waals surface area contributed by atoms with Gasteiger partial charge >= 0.3 is 0 Å². The fourth-order valence-corrected chi connectivity index (χ4v) is 3.70. The van der Waals surface area contributed by atoms with Gasteiger partial charge in [-0.2, -0.15) is 8.42 Å². The maximum atomic E-state index is 12.4. The van der Waals surface area contributed by atoms with Crippen LogP contribution in [0.15, 0.2) is 34.8 Å². The molecule has 2 aromatic heterocycles. The average molecular weight is 374 g/mol. The maximum Gasteiger partial charge on any atom is 0.282 e. The van der Waals surface area contributed by atoms with E-state index in [4.69, 9.17) is 11.6 Å². The molecule has 0 saturated carbocycles. The standard InChI is InChI=1S/C13H12ClN3O4S2/c1-17(2)13(19)9-4-3-6-15-12(9)23(20,21)16-11(18)8-5-7-22-10(8)14/h3-7H,1-2H3,(H,16,18). The van der Waals surface area contributed by atoms with Crippen molar-refractivity contribution in [3.8, 4) is 0 Å². The molecule has 2 amide bonds. The summed E-state index contributed by atoms with van der Waals surface area (Å²) in [6.07, 6.45) is 1.23. The summed E-state index contributed by atoms with van der Waals surface area (Å²) in [4.78, 5) is 29.1. The number of thiophene rings is 1. The number of halogens is 1. The molecule has 1 N–H and O–H groups in total. The molecular formula is C13H12ClN3O4S2. The summed E-state index contributed by atoms with van der Waals surface area (Å²) >= 11 is 6.92. The highest BCUT2D eigenvalue weighted by atomic mass is 35.5. The smallest absolute Gasteiger partial charge is 0.282 e. The Bertz CT molecular complexity index is 862. The van der Waals surface area contributed by atoms with Crippen molar-refractivity contribution in [1.82, 2.24) is 14.6 Å². The highest BCUT2D eigenvalue weighted by molar-refractivity contribution is 7.90. The Hall–Kier alpha value is -1.97. The first-order valence-corrected chi connectivity index (χ1v) is 8.95. The third kappa shape index (κ3) is 3.69. The van der Waals surface area contributed by atoms with Crippen LogP contribution < -0.4 is 4.72 Å². The molecule has 0 unspecified atom stereocenters. The van der Waals surface area contributed by atoms with Crippen LogP contribution in [0.4, 0.5) is 0 Å². The first-order valence-electron chi connectivity index (χ1n) is 6.21. The topological polar surface area (TPSA) is 96.4 Å². The van der Waals surface area contributed by atoms with E-state index >= 15 is 0 Å². The zero-order chi connectivity index (χ0) is 17.2. The van der Waals surface area contributed by atoms with Gasteiger partial charge in [-0.3, -0.25) is 9.59 Å². The van der Waals surface area contributed by atoms with E-state index in [2.05, 4.69) is 4.98 Å². The van der Waals surface area contributed by atoms with Crippen LogP contribution in [-0.4, -0.2) is 44.2 Å². The van der Waals surface area contributed by atoms with E-state index in [0.29, 0.717) is 0 Å². The van der Waals surface area contributed by atoms with Crippen LogP contribution in [0.2, 0.25) is 4.34 Å². The fraction of sp³-hybridized carbons (Fsp3) is 0.154. The number of hydrogen-bond donors (Lipinski definition) is 1. The molecule has 0 atom stereocenters. The summed E-state index contributed by atoms with van der Waals surface area (Å²) in [6.45, 7) is 0. The lowest BCUT2D eigenvalue weighted by atomic mass is 10.2. The number of carbonyl (C=O) groups is 2. The molecule has 7 nitrogen and oxygen atoms in total. The summed E-state index contributed by atoms with van der Waals surface area (Å²) in [6, 6.07) is 4.17. The lowest BCUT2D eigenvalue weighted by molar-refractivity contribution is 0.0822. The SMILES string of the molecule is CN(C)C(=O)c1cccnc1S(=O)(=O)NC(=O)c1ccsc1Cl. The Morgan fingerprint density at radius 3 is 2.52 bits per heavy atom. The molecule has 0 aliphatic rings. The van der Waals surface area contributed by atoms with Crippen molar-refractivity contribution in [3.05, 3.63) is 45.2 Å². The highest BCUT2D eigenvalue weighted by Gasteiger charge is 2.27. The van der Waals surface area contributed by atoms with E-state index < -0.39 is 26.9 Å². The lowest BCUT2D eigenvalue weighted by Crippen LogP contribution is -2.33. The van der Waals surface area contributed by atoms with Crippen molar-refractivity contribution in [2.45, 2.75) is 5.03 Å². The second-order valence-corrected chi connectivity index (χ2v) is 7.71. The quantitative estimate of drug-likeness (QED) is 0.878. The summed E-state index contributed by atoms with van der Waals surface area (Å²) < 4.78 is 26.8. The Balaban J connectivity index is 2.40. The number of rotatable bonds is 4. The first kappa shape index (κ1) is 17.4. The van der Waals surface area contributed by atoms with Gasteiger partial charge in [-0.25, -0.2) is 9.71 Å². The fourth-order valence-electron chi connectivity index (χ4n) is 1.69. The van der Waals surface area contributed by atoms with Crippen LogP contribution in [0.25, 0.3) is 0 Å². The number of nitrogens with zero attached hydrogens (tertiary/aromatic N) is 2. The van der Waals surface area contributed by atoms with Crippen LogP contribution in [0.5, 0.6) is 0 Å². The second-order valence-electron chi connectivity index (χ2n) is 4.60. The Morgan fingerprint density at radius 1 is 1.26 bits per heavy atom. The predicted octanol–water partition coefficient (Wildman–Crippen LogP) is 1.62. The summed E-state index contributed by atoms with van der Waals surface area (Å²) in [5, 5.41) is 1.05. The van der Waals surface area contributed by atoms with Crippen LogP contribution in [0, 0.1) is 0 Å². The minimum Gasteiger partial charge on any atom is -0.345 e. The number of sulfonamides is 1. The second kappa shape index (κ2) is 6.65. The van der Waals surface area contributed by atoms with Crippen molar-refractivity contribution in [2.75, 3.05) is 14.1 Å². The van der Waals surface area contributed by atoms with Crippen molar-refractivity contribution in [2.24, 2.45) is 0 Å². The summed E-state index contributed by atoms with van der Waals surface area (Å²) in [7, 11) is -1.36. The van der Waals surface area contributed by atoms with Crippen molar-refractivity contribution in [3.63, 3.8) is 0 Å². The zero-order valence-electron chi connectivity index (χ0n) is 12.1. The number of amides is 2. The first-order chi connectivity index (χ1) is 10.7. The van der Waals surface area contributed by atoms with E-state index in [1.54, 1.807) is 5.38 Å². The maximum absolute atomic E-state index is 12.4. The van der Waals surface area contributed by atoms with Crippen molar-refractivity contribution in [1.29, 1.82) is 0 Å². The number of carbonyl (C=O) groups excluding carboxylic acids is 2. The number of nitrogens with one attached hydrogen (secondary N) is 1. The zero-order valence-corrected chi connectivity index (χ0v) is 14.5. The lowest BCUT2D eigenvalue weighted by Gasteiger charge is -2.13. The molecule has 2 heterocycles. The molecule has 122 valence electrons. The van der Waals surface area contributed by atoms with Gasteiger partial charge in [-0.1, -0.05) is 11.6 Å². The molecule has 0 saturated heterocycles. The Kier molecular flexibility index (Phi) is 5.03. The van der Waals surface area contributed by atoms with Crippen molar-refractivity contribution < 1.29 is 18.0 Å². The summed E-state index contributed by atoms with van der Waals surface area (Å²) in [5.41, 5.74) is -0.0918. The molecule has 0 fully saturated rings. The minimum absolute atomic E-state index is 0.0386. The van der Waals surface area contributed by atoms with Gasteiger partial charge in [0.15, 0.2) is 5.03 Å². The number of aromatic nitrogens is 1. The molecule has 2 rings (SSSR count). The van der Waals surface area contributed by atoms with Gasteiger partial charge < -0.3 is 4.90 Å². The van der Waals surface area contributed by atoms with Crippen LogP contribution in [-0.2, 0) is 10.0 Å². The normalized spacial score (nSPS) is 11.1. The number of hydrogen-bond acceptors (Lipinski definition) is 6. The van der Waals surface area contributed by atoms with Gasteiger partial charge in [-0.05, 0) is 23.6 Å².